The number of nitrogens with zero attached hydrogens (tertiary/aromatic N) is 4. The maximum Gasteiger partial charge on any atom is 0.229 e. The Balaban J connectivity index is 1.23. The molecule has 3 aromatic rings. The number of anilines is 1. The molecule has 1 amide bonds. The highest BCUT2D eigenvalue weighted by Gasteiger charge is 2.75. The van der Waals surface area contributed by atoms with Crippen LogP contribution in [0.2, 0.25) is 0 Å². The summed E-state index contributed by atoms with van der Waals surface area (Å²) in [5.74, 6) is 0.802. The lowest BCUT2D eigenvalue weighted by Gasteiger charge is -2.11. The van der Waals surface area contributed by atoms with Crippen molar-refractivity contribution < 1.29 is 4.79 Å². The number of benzene rings is 1. The summed E-state index contributed by atoms with van der Waals surface area (Å²) in [6, 6.07) is 10.7. The van der Waals surface area contributed by atoms with Crippen LogP contribution in [0.15, 0.2) is 42.9 Å². The number of hydrogen-bond donors (Lipinski definition) is 1. The van der Waals surface area contributed by atoms with Crippen LogP contribution in [0.5, 0.6) is 0 Å². The second kappa shape index (κ2) is 5.44. The van der Waals surface area contributed by atoms with Crippen LogP contribution in [0.4, 0.5) is 5.82 Å². The van der Waals surface area contributed by atoms with E-state index in [0.29, 0.717) is 5.82 Å². The maximum atomic E-state index is 12.7. The number of amides is 1. The standard InChI is InChI=1S/C23H21N5O/c1-28-11-16(10-26-28)18-8-19(18)21(29)27-20-7-15-6-17(3-2-14(15)9-25-20)23(13-24)12-22(23)4-5-22/h2-3,6-7,9-11,18-19H,4-5,8,12H2,1H3,(H,25,27,29)/t18-,19+,23-/m1/s1. The zero-order valence-electron chi connectivity index (χ0n) is 16.2. The van der Waals surface area contributed by atoms with Gasteiger partial charge in [0.1, 0.15) is 5.82 Å². The van der Waals surface area contributed by atoms with Gasteiger partial charge in [-0.2, -0.15) is 10.4 Å². The molecule has 2 aromatic heterocycles. The summed E-state index contributed by atoms with van der Waals surface area (Å²) in [6.45, 7) is 0. The van der Waals surface area contributed by atoms with Crippen molar-refractivity contribution in [2.24, 2.45) is 18.4 Å². The smallest absolute Gasteiger partial charge is 0.229 e. The van der Waals surface area contributed by atoms with Gasteiger partial charge in [0.15, 0.2) is 0 Å². The van der Waals surface area contributed by atoms with E-state index in [4.69, 9.17) is 0 Å². The number of hydrogen-bond acceptors (Lipinski definition) is 4. The summed E-state index contributed by atoms with van der Waals surface area (Å²) < 4.78 is 1.77. The summed E-state index contributed by atoms with van der Waals surface area (Å²) in [5, 5.41) is 19.0. The van der Waals surface area contributed by atoms with E-state index in [-0.39, 0.29) is 28.6 Å². The topological polar surface area (TPSA) is 83.6 Å². The second-order valence-corrected chi connectivity index (χ2v) is 8.99. The van der Waals surface area contributed by atoms with Crippen molar-refractivity contribution in [3.8, 4) is 6.07 Å². The van der Waals surface area contributed by atoms with Crippen LogP contribution >= 0.6 is 0 Å². The predicted octanol–water partition coefficient (Wildman–Crippen LogP) is 3.66. The molecule has 0 bridgehead atoms. The Bertz CT molecular complexity index is 1220. The zero-order valence-corrected chi connectivity index (χ0v) is 16.2. The molecule has 1 aromatic carbocycles. The van der Waals surface area contributed by atoms with Crippen LogP contribution in [0.3, 0.4) is 0 Å². The van der Waals surface area contributed by atoms with E-state index in [0.717, 1.165) is 47.6 Å². The molecule has 3 fully saturated rings. The van der Waals surface area contributed by atoms with Crippen molar-refractivity contribution in [1.29, 1.82) is 5.26 Å². The highest BCUT2D eigenvalue weighted by Crippen LogP contribution is 2.78. The van der Waals surface area contributed by atoms with Crippen molar-refractivity contribution >= 4 is 22.5 Å². The quantitative estimate of drug-likeness (QED) is 0.745. The van der Waals surface area contributed by atoms with Gasteiger partial charge < -0.3 is 5.32 Å². The van der Waals surface area contributed by atoms with Gasteiger partial charge in [0.2, 0.25) is 5.91 Å². The van der Waals surface area contributed by atoms with E-state index in [1.165, 1.54) is 0 Å². The third-order valence-electron chi connectivity index (χ3n) is 7.17. The molecule has 0 radical (unpaired) electrons. The first-order valence-corrected chi connectivity index (χ1v) is 10.1. The average molecular weight is 383 g/mol. The van der Waals surface area contributed by atoms with E-state index in [9.17, 15) is 10.1 Å². The molecule has 0 saturated heterocycles. The van der Waals surface area contributed by atoms with Crippen molar-refractivity contribution in [2.75, 3.05) is 5.32 Å². The molecule has 3 saturated carbocycles. The number of carbonyl (C=O) groups excluding carboxylic acids is 1. The second-order valence-electron chi connectivity index (χ2n) is 8.99. The molecule has 6 nitrogen and oxygen atoms in total. The lowest BCUT2D eigenvalue weighted by atomic mass is 9.92. The molecule has 144 valence electrons. The number of pyridine rings is 1. The Morgan fingerprint density at radius 1 is 1.28 bits per heavy atom. The van der Waals surface area contributed by atoms with Gasteiger partial charge in [-0.3, -0.25) is 9.48 Å². The molecule has 6 rings (SSSR count). The first kappa shape index (κ1) is 16.7. The van der Waals surface area contributed by atoms with Crippen LogP contribution < -0.4 is 5.32 Å². The SMILES string of the molecule is Cn1cc([C@H]2C[C@@H]2C(=O)Nc2cc3cc([C@]4(C#N)CC45CC5)ccc3cn2)cn1. The Labute approximate surface area is 168 Å². The summed E-state index contributed by atoms with van der Waals surface area (Å²) in [6.07, 6.45) is 9.76. The number of carbonyl (C=O) groups is 1. The van der Waals surface area contributed by atoms with Crippen LogP contribution in [0, 0.1) is 22.7 Å². The van der Waals surface area contributed by atoms with Gasteiger partial charge in [-0.05, 0) is 65.7 Å². The van der Waals surface area contributed by atoms with Gasteiger partial charge in [0.25, 0.3) is 0 Å². The van der Waals surface area contributed by atoms with Crippen molar-refractivity contribution in [3.63, 3.8) is 0 Å². The molecule has 29 heavy (non-hydrogen) atoms. The predicted molar refractivity (Wildman–Crippen MR) is 108 cm³/mol. The molecule has 1 spiro atoms. The largest absolute Gasteiger partial charge is 0.310 e. The van der Waals surface area contributed by atoms with Crippen LogP contribution in [-0.4, -0.2) is 20.7 Å². The summed E-state index contributed by atoms with van der Waals surface area (Å²) in [7, 11) is 1.89. The molecule has 6 heteroatoms. The maximum absolute atomic E-state index is 12.7. The normalized spacial score (nSPS) is 28.1. The Hall–Kier alpha value is -3.20. The molecule has 3 aliphatic carbocycles. The Morgan fingerprint density at radius 3 is 2.83 bits per heavy atom. The molecule has 3 aliphatic rings. The van der Waals surface area contributed by atoms with Gasteiger partial charge in [-0.25, -0.2) is 4.98 Å². The van der Waals surface area contributed by atoms with E-state index in [2.05, 4.69) is 33.6 Å². The van der Waals surface area contributed by atoms with Crippen LogP contribution in [-0.2, 0) is 17.3 Å². The van der Waals surface area contributed by atoms with Crippen molar-refractivity contribution in [1.82, 2.24) is 14.8 Å². The molecule has 2 heterocycles. The third kappa shape index (κ3) is 2.43. The monoisotopic (exact) mass is 383 g/mol. The highest BCUT2D eigenvalue weighted by atomic mass is 16.2. The van der Waals surface area contributed by atoms with Gasteiger partial charge in [-0.15, -0.1) is 0 Å². The molecular formula is C23H21N5O. The van der Waals surface area contributed by atoms with Gasteiger partial charge in [0, 0.05) is 30.7 Å². The minimum absolute atomic E-state index is 0.00878. The van der Waals surface area contributed by atoms with E-state index in [1.807, 2.05) is 31.6 Å². The summed E-state index contributed by atoms with van der Waals surface area (Å²) >= 11 is 0. The van der Waals surface area contributed by atoms with Gasteiger partial charge in [0.05, 0.1) is 17.7 Å². The number of aromatic nitrogens is 3. The Morgan fingerprint density at radius 2 is 2.14 bits per heavy atom. The van der Waals surface area contributed by atoms with E-state index >= 15 is 0 Å². The lowest BCUT2D eigenvalue weighted by molar-refractivity contribution is -0.117. The van der Waals surface area contributed by atoms with Crippen LogP contribution in [0.25, 0.3) is 10.8 Å². The average Bonchev–Trinajstić information content (AvgIpc) is 3.67. The van der Waals surface area contributed by atoms with Crippen molar-refractivity contribution in [3.05, 3.63) is 54.0 Å². The number of nitrogens with one attached hydrogen (secondary N) is 1. The third-order valence-corrected chi connectivity index (χ3v) is 7.17. The van der Waals surface area contributed by atoms with Gasteiger partial charge >= 0.3 is 0 Å². The minimum Gasteiger partial charge on any atom is -0.310 e. The highest BCUT2D eigenvalue weighted by molar-refractivity contribution is 5.96. The fraction of sp³-hybridized carbons (Fsp3) is 0.391. The first-order chi connectivity index (χ1) is 14.0. The van der Waals surface area contributed by atoms with Crippen molar-refractivity contribution in [2.45, 2.75) is 37.0 Å². The number of aryl methyl sites for hydroxylation is 1. The first-order valence-electron chi connectivity index (χ1n) is 10.1. The van der Waals surface area contributed by atoms with Crippen LogP contribution in [0.1, 0.15) is 42.7 Å². The number of fused-ring (bicyclic) bond motifs is 1. The molecular weight excluding hydrogens is 362 g/mol. The fourth-order valence-corrected chi connectivity index (χ4v) is 5.03. The Kier molecular flexibility index (Phi) is 3.14. The summed E-state index contributed by atoms with van der Waals surface area (Å²) in [4.78, 5) is 17.1. The van der Waals surface area contributed by atoms with E-state index < -0.39 is 0 Å². The molecule has 1 N–H and O–H groups in total. The summed E-state index contributed by atoms with van der Waals surface area (Å²) in [5.41, 5.74) is 2.15. The molecule has 0 unspecified atom stereocenters. The lowest BCUT2D eigenvalue weighted by Crippen LogP contribution is -2.15. The number of rotatable bonds is 4. The molecule has 3 atom stereocenters. The van der Waals surface area contributed by atoms with Gasteiger partial charge in [-0.1, -0.05) is 12.1 Å². The number of nitriles is 1. The zero-order chi connectivity index (χ0) is 19.8. The molecule has 0 aliphatic heterocycles. The minimum atomic E-state index is -0.307. The van der Waals surface area contributed by atoms with E-state index in [1.54, 1.807) is 10.9 Å². The fourth-order valence-electron chi connectivity index (χ4n) is 5.03.